The number of ether oxygens (including phenoxy) is 2. The van der Waals surface area contributed by atoms with Gasteiger partial charge in [-0.3, -0.25) is 9.52 Å². The summed E-state index contributed by atoms with van der Waals surface area (Å²) in [4.78, 5) is 22.1. The number of benzene rings is 1. The van der Waals surface area contributed by atoms with Gasteiger partial charge in [0, 0.05) is 58.1 Å². The van der Waals surface area contributed by atoms with Gasteiger partial charge in [0.15, 0.2) is 11.6 Å². The van der Waals surface area contributed by atoms with E-state index in [2.05, 4.69) is 15.0 Å². The maximum atomic E-state index is 13.8. The van der Waals surface area contributed by atoms with Gasteiger partial charge in [-0.15, -0.1) is 0 Å². The number of aliphatic hydroxyl groups is 1. The van der Waals surface area contributed by atoms with Crippen LogP contribution in [0, 0.1) is 0 Å². The van der Waals surface area contributed by atoms with E-state index < -0.39 is 34.2 Å². The highest BCUT2D eigenvalue weighted by Gasteiger charge is 2.36. The molecule has 3 aliphatic heterocycles. The lowest BCUT2D eigenvalue weighted by atomic mass is 9.92. The average Bonchev–Trinajstić information content (AvgIpc) is 3.41. The minimum atomic E-state index is -3.78. The number of anilines is 4. The third kappa shape index (κ3) is 6.70. The molecule has 1 aromatic heterocycles. The number of piperidine rings is 2. The third-order valence-corrected chi connectivity index (χ3v) is 9.48. The van der Waals surface area contributed by atoms with Gasteiger partial charge in [0.2, 0.25) is 10.0 Å². The molecule has 0 saturated carbocycles. The summed E-state index contributed by atoms with van der Waals surface area (Å²) in [6.45, 7) is 3.36. The molecular weight excluding hydrogens is 572 g/mol. The topological polar surface area (TPSA) is 133 Å². The maximum absolute atomic E-state index is 13.8. The fourth-order valence-electron chi connectivity index (χ4n) is 5.51. The molecule has 3 N–H and O–H groups in total. The molecule has 0 radical (unpaired) electrons. The van der Waals surface area contributed by atoms with Crippen LogP contribution >= 0.6 is 0 Å². The SMILES string of the molecule is COC1(C)CCN(c2cc(NS(=O)(=O)CCO)ccc2C(=O)Nc2cc3c(c(N4CCC(F)(F)CC4)n2)OCC3)CC1. The van der Waals surface area contributed by atoms with E-state index >= 15 is 0 Å². The first kappa shape index (κ1) is 30.2. The standard InChI is InChI=1S/C28H37F2N5O6S/c1-27(40-2)6-10-34(11-7-27)22-18-20(33-42(38,39)16-14-36)3-4-21(22)26(37)32-23-17-19-5-15-41-24(19)25(31-23)35-12-8-28(29,30)9-13-35/h3-4,17-18,33,36H,5-16H2,1-2H3,(H,31,32,37). The molecule has 0 aliphatic carbocycles. The summed E-state index contributed by atoms with van der Waals surface area (Å²) >= 11 is 0. The van der Waals surface area contributed by atoms with Crippen LogP contribution in [-0.2, 0) is 21.2 Å². The molecule has 11 nitrogen and oxygen atoms in total. The maximum Gasteiger partial charge on any atom is 0.258 e. The normalized spacial score (nSPS) is 19.6. The van der Waals surface area contributed by atoms with Crippen LogP contribution in [0.5, 0.6) is 5.75 Å². The van der Waals surface area contributed by atoms with Crippen LogP contribution in [0.25, 0.3) is 0 Å². The van der Waals surface area contributed by atoms with Crippen molar-refractivity contribution >= 4 is 38.9 Å². The molecule has 14 heteroatoms. The summed E-state index contributed by atoms with van der Waals surface area (Å²) in [6, 6.07) is 6.41. The zero-order valence-corrected chi connectivity index (χ0v) is 24.6. The lowest BCUT2D eigenvalue weighted by Crippen LogP contribution is -2.44. The van der Waals surface area contributed by atoms with Crippen molar-refractivity contribution in [3.63, 3.8) is 0 Å². The average molecular weight is 610 g/mol. The Morgan fingerprint density at radius 1 is 1.12 bits per heavy atom. The zero-order chi connectivity index (χ0) is 30.1. The van der Waals surface area contributed by atoms with Gasteiger partial charge in [-0.25, -0.2) is 22.2 Å². The summed E-state index contributed by atoms with van der Waals surface area (Å²) in [5.74, 6) is -2.33. The Bertz CT molecular complexity index is 1420. The molecule has 1 aromatic carbocycles. The number of hydrogen-bond donors (Lipinski definition) is 3. The van der Waals surface area contributed by atoms with Gasteiger partial charge in [-0.2, -0.15) is 0 Å². The van der Waals surface area contributed by atoms with Gasteiger partial charge in [-0.1, -0.05) is 0 Å². The lowest BCUT2D eigenvalue weighted by molar-refractivity contribution is -0.0222. The summed E-state index contributed by atoms with van der Waals surface area (Å²) in [7, 11) is -2.11. The Morgan fingerprint density at radius 3 is 2.48 bits per heavy atom. The highest BCUT2D eigenvalue weighted by molar-refractivity contribution is 7.92. The van der Waals surface area contributed by atoms with Gasteiger partial charge in [0.1, 0.15) is 5.82 Å². The van der Waals surface area contributed by atoms with E-state index in [1.165, 1.54) is 6.07 Å². The van der Waals surface area contributed by atoms with Crippen molar-refractivity contribution in [1.82, 2.24) is 4.98 Å². The number of aromatic nitrogens is 1. The fraction of sp³-hybridized carbons (Fsp3) is 0.571. The quantitative estimate of drug-likeness (QED) is 0.392. The minimum absolute atomic E-state index is 0.125. The first-order valence-corrected chi connectivity index (χ1v) is 15.7. The summed E-state index contributed by atoms with van der Waals surface area (Å²) in [6.07, 6.45) is 1.45. The number of nitrogens with zero attached hydrogens (tertiary/aromatic N) is 3. The molecule has 0 spiro atoms. The molecular formula is C28H37F2N5O6S. The number of halogens is 2. The zero-order valence-electron chi connectivity index (χ0n) is 23.8. The Morgan fingerprint density at radius 2 is 1.81 bits per heavy atom. The molecule has 2 fully saturated rings. The molecule has 2 saturated heterocycles. The summed E-state index contributed by atoms with van der Waals surface area (Å²) < 4.78 is 66.2. The second kappa shape index (κ2) is 11.8. The molecule has 4 heterocycles. The van der Waals surface area contributed by atoms with Crippen molar-refractivity contribution in [2.24, 2.45) is 0 Å². The van der Waals surface area contributed by atoms with Gasteiger partial charge in [-0.05, 0) is 44.0 Å². The Kier molecular flexibility index (Phi) is 8.50. The number of carbonyl (C=O) groups excluding carboxylic acids is 1. The smallest absolute Gasteiger partial charge is 0.258 e. The van der Waals surface area contributed by atoms with Crippen LogP contribution < -0.4 is 24.6 Å². The van der Waals surface area contributed by atoms with Crippen molar-refractivity contribution < 1.29 is 36.6 Å². The van der Waals surface area contributed by atoms with Crippen LogP contribution in [0.15, 0.2) is 24.3 Å². The Hall–Kier alpha value is -3.23. The largest absolute Gasteiger partial charge is 0.489 e. The van der Waals surface area contributed by atoms with E-state index in [0.717, 1.165) is 5.56 Å². The third-order valence-electron chi connectivity index (χ3n) is 8.22. The van der Waals surface area contributed by atoms with E-state index in [1.807, 2.05) is 11.8 Å². The van der Waals surface area contributed by atoms with Crippen LogP contribution in [0.4, 0.5) is 31.8 Å². The Labute approximate surface area is 244 Å². The van der Waals surface area contributed by atoms with Crippen LogP contribution in [0.3, 0.4) is 0 Å². The van der Waals surface area contributed by atoms with Crippen molar-refractivity contribution in [2.75, 3.05) is 72.1 Å². The molecule has 0 unspecified atom stereocenters. The second-order valence-corrected chi connectivity index (χ2v) is 13.1. The number of alkyl halides is 2. The lowest BCUT2D eigenvalue weighted by Gasteiger charge is -2.40. The predicted molar refractivity (Wildman–Crippen MR) is 156 cm³/mol. The molecule has 0 bridgehead atoms. The van der Waals surface area contributed by atoms with Crippen LogP contribution in [0.1, 0.15) is 48.5 Å². The predicted octanol–water partition coefficient (Wildman–Crippen LogP) is 3.24. The minimum Gasteiger partial charge on any atom is -0.489 e. The van der Waals surface area contributed by atoms with Crippen molar-refractivity contribution in [1.29, 1.82) is 0 Å². The molecule has 3 aliphatic rings. The van der Waals surface area contributed by atoms with Crippen LogP contribution in [0.2, 0.25) is 0 Å². The number of methoxy groups -OCH3 is 1. The highest BCUT2D eigenvalue weighted by atomic mass is 32.2. The van der Waals surface area contributed by atoms with E-state index in [9.17, 15) is 22.0 Å². The number of carbonyl (C=O) groups is 1. The first-order valence-electron chi connectivity index (χ1n) is 14.1. The van der Waals surface area contributed by atoms with Gasteiger partial charge < -0.3 is 29.7 Å². The molecule has 42 heavy (non-hydrogen) atoms. The first-order chi connectivity index (χ1) is 19.9. The van der Waals surface area contributed by atoms with Crippen LogP contribution in [-0.4, -0.2) is 88.2 Å². The van der Waals surface area contributed by atoms with E-state index in [-0.39, 0.29) is 43.0 Å². The number of amides is 1. The number of nitrogens with one attached hydrogen (secondary N) is 2. The number of hydrogen-bond acceptors (Lipinski definition) is 9. The van der Waals surface area contributed by atoms with E-state index in [4.69, 9.17) is 14.6 Å². The number of pyridine rings is 1. The Balaban J connectivity index is 1.43. The van der Waals surface area contributed by atoms with Crippen molar-refractivity contribution in [3.8, 4) is 5.75 Å². The monoisotopic (exact) mass is 609 g/mol. The fourth-order valence-corrected chi connectivity index (χ4v) is 6.34. The van der Waals surface area contributed by atoms with Gasteiger partial charge in [0.25, 0.3) is 11.8 Å². The van der Waals surface area contributed by atoms with E-state index in [0.29, 0.717) is 61.8 Å². The second-order valence-electron chi connectivity index (χ2n) is 11.2. The molecule has 1 amide bonds. The number of aliphatic hydroxyl groups excluding tert-OH is 1. The number of rotatable bonds is 9. The molecule has 2 aromatic rings. The molecule has 0 atom stereocenters. The van der Waals surface area contributed by atoms with E-state index in [1.54, 1.807) is 30.2 Å². The number of fused-ring (bicyclic) bond motifs is 1. The number of sulfonamides is 1. The van der Waals surface area contributed by atoms with Crippen molar-refractivity contribution in [3.05, 3.63) is 35.4 Å². The molecule has 230 valence electrons. The summed E-state index contributed by atoms with van der Waals surface area (Å²) in [5, 5.41) is 12.0. The van der Waals surface area contributed by atoms with Crippen molar-refractivity contribution in [2.45, 2.75) is 50.6 Å². The van der Waals surface area contributed by atoms with Gasteiger partial charge in [0.05, 0.1) is 41.5 Å². The summed E-state index contributed by atoms with van der Waals surface area (Å²) in [5.41, 5.74) is 1.67. The highest BCUT2D eigenvalue weighted by Crippen LogP contribution is 2.40. The molecule has 5 rings (SSSR count). The van der Waals surface area contributed by atoms with Gasteiger partial charge >= 0.3 is 0 Å².